The molecule has 0 saturated heterocycles. The summed E-state index contributed by atoms with van der Waals surface area (Å²) in [6.45, 7) is 0. The zero-order chi connectivity index (χ0) is 18.1. The van der Waals surface area contributed by atoms with E-state index >= 15 is 0 Å². The average molecular weight is 346 g/mol. The Bertz CT molecular complexity index is 1110. The second-order valence-corrected chi connectivity index (χ2v) is 5.59. The molecular formula is C19H14N4O3. The molecule has 4 aromatic rings. The Balaban J connectivity index is 1.99. The summed E-state index contributed by atoms with van der Waals surface area (Å²) in [5.74, 6) is 0.258. The molecule has 26 heavy (non-hydrogen) atoms. The van der Waals surface area contributed by atoms with Gasteiger partial charge in [0.1, 0.15) is 0 Å². The van der Waals surface area contributed by atoms with Crippen molar-refractivity contribution in [2.45, 2.75) is 0 Å². The number of fused-ring (bicyclic) bond motifs is 1. The molecule has 0 bridgehead atoms. The third-order valence-electron chi connectivity index (χ3n) is 4.11. The number of methoxy groups -OCH3 is 1. The number of hydrogen-bond donors (Lipinski definition) is 1. The van der Waals surface area contributed by atoms with Crippen molar-refractivity contribution in [1.82, 2.24) is 19.7 Å². The fraction of sp³-hybridized carbons (Fsp3) is 0.0526. The first-order valence-electron chi connectivity index (χ1n) is 7.85. The molecule has 0 unspecified atom stereocenters. The van der Waals surface area contributed by atoms with E-state index in [0.29, 0.717) is 22.5 Å². The molecule has 1 N–H and O–H groups in total. The SMILES string of the molecule is COc1nnc(-c2ccncc2)cc1-c1cc2ccccc2n1C(=O)O. The topological polar surface area (TPSA) is 90.1 Å². The molecule has 7 heteroatoms. The minimum absolute atomic E-state index is 0.258. The van der Waals surface area contributed by atoms with E-state index in [1.165, 1.54) is 11.7 Å². The molecule has 3 heterocycles. The second kappa shape index (κ2) is 6.29. The van der Waals surface area contributed by atoms with Crippen molar-refractivity contribution in [1.29, 1.82) is 0 Å². The van der Waals surface area contributed by atoms with Gasteiger partial charge < -0.3 is 9.84 Å². The summed E-state index contributed by atoms with van der Waals surface area (Å²) in [4.78, 5) is 15.9. The molecule has 0 aliphatic heterocycles. The average Bonchev–Trinajstić information content (AvgIpc) is 3.08. The number of hydrogen-bond acceptors (Lipinski definition) is 5. The molecule has 3 aromatic heterocycles. The molecule has 0 aliphatic carbocycles. The van der Waals surface area contributed by atoms with Crippen molar-refractivity contribution < 1.29 is 14.6 Å². The van der Waals surface area contributed by atoms with Crippen LogP contribution in [0.1, 0.15) is 0 Å². The van der Waals surface area contributed by atoms with Gasteiger partial charge in [-0.15, -0.1) is 10.2 Å². The Morgan fingerprint density at radius 3 is 2.58 bits per heavy atom. The van der Waals surface area contributed by atoms with Crippen LogP contribution in [0.2, 0.25) is 0 Å². The van der Waals surface area contributed by atoms with Crippen LogP contribution in [-0.4, -0.2) is 38.1 Å². The van der Waals surface area contributed by atoms with E-state index in [0.717, 1.165) is 10.9 Å². The Morgan fingerprint density at radius 1 is 1.08 bits per heavy atom. The number of rotatable bonds is 3. The molecular weight excluding hydrogens is 332 g/mol. The van der Waals surface area contributed by atoms with Crippen LogP contribution in [0.5, 0.6) is 5.88 Å². The van der Waals surface area contributed by atoms with Crippen LogP contribution in [0, 0.1) is 0 Å². The van der Waals surface area contributed by atoms with E-state index in [1.54, 1.807) is 36.7 Å². The number of para-hydroxylation sites is 1. The highest BCUT2D eigenvalue weighted by Gasteiger charge is 2.20. The largest absolute Gasteiger partial charge is 0.479 e. The molecule has 128 valence electrons. The molecule has 0 spiro atoms. The van der Waals surface area contributed by atoms with Gasteiger partial charge in [0.2, 0.25) is 5.88 Å². The van der Waals surface area contributed by atoms with E-state index in [1.807, 2.05) is 24.3 Å². The summed E-state index contributed by atoms with van der Waals surface area (Å²) in [5, 5.41) is 18.9. The molecule has 0 amide bonds. The van der Waals surface area contributed by atoms with E-state index in [9.17, 15) is 9.90 Å². The van der Waals surface area contributed by atoms with Gasteiger partial charge in [-0.25, -0.2) is 9.36 Å². The highest BCUT2D eigenvalue weighted by molar-refractivity contribution is 5.96. The highest BCUT2D eigenvalue weighted by Crippen LogP contribution is 2.34. The van der Waals surface area contributed by atoms with E-state index in [-0.39, 0.29) is 5.88 Å². The van der Waals surface area contributed by atoms with Crippen molar-refractivity contribution >= 4 is 17.0 Å². The lowest BCUT2D eigenvalue weighted by Crippen LogP contribution is -2.10. The summed E-state index contributed by atoms with van der Waals surface area (Å²) in [6, 6.07) is 14.5. The van der Waals surface area contributed by atoms with Crippen LogP contribution >= 0.6 is 0 Å². The molecule has 7 nitrogen and oxygen atoms in total. The molecule has 0 fully saturated rings. The number of carbonyl (C=O) groups is 1. The van der Waals surface area contributed by atoms with Crippen LogP contribution < -0.4 is 4.74 Å². The predicted molar refractivity (Wildman–Crippen MR) is 96.2 cm³/mol. The zero-order valence-corrected chi connectivity index (χ0v) is 13.8. The lowest BCUT2D eigenvalue weighted by atomic mass is 10.1. The Hall–Kier alpha value is -3.74. The summed E-state index contributed by atoms with van der Waals surface area (Å²) in [6.07, 6.45) is 2.25. The molecule has 0 saturated carbocycles. The minimum Gasteiger partial charge on any atom is -0.479 e. The van der Waals surface area contributed by atoms with Gasteiger partial charge in [0.25, 0.3) is 0 Å². The van der Waals surface area contributed by atoms with Crippen LogP contribution in [0.15, 0.2) is 60.9 Å². The second-order valence-electron chi connectivity index (χ2n) is 5.59. The van der Waals surface area contributed by atoms with E-state index in [2.05, 4.69) is 15.2 Å². The van der Waals surface area contributed by atoms with Crippen molar-refractivity contribution in [3.8, 4) is 28.4 Å². The molecule has 0 atom stereocenters. The third kappa shape index (κ3) is 2.55. The Labute approximate surface area is 148 Å². The molecule has 0 aliphatic rings. The molecule has 4 rings (SSSR count). The maximum absolute atomic E-state index is 11.9. The van der Waals surface area contributed by atoms with E-state index < -0.39 is 6.09 Å². The predicted octanol–water partition coefficient (Wildman–Crippen LogP) is 3.70. The van der Waals surface area contributed by atoms with Gasteiger partial charge >= 0.3 is 6.09 Å². The van der Waals surface area contributed by atoms with Crippen molar-refractivity contribution in [2.75, 3.05) is 7.11 Å². The standard InChI is InChI=1S/C19H14N4O3/c1-26-18-14(11-15(21-22-18)12-6-8-20-9-7-12)17-10-13-4-2-3-5-16(13)23(17)19(24)25/h2-11H,1H3,(H,24,25). The molecule has 0 radical (unpaired) electrons. The maximum atomic E-state index is 11.9. The minimum atomic E-state index is -1.08. The number of carboxylic acid groups (broad SMARTS) is 1. The van der Waals surface area contributed by atoms with Gasteiger partial charge in [0.15, 0.2) is 0 Å². The number of benzene rings is 1. The van der Waals surface area contributed by atoms with Crippen LogP contribution in [0.3, 0.4) is 0 Å². The first-order valence-corrected chi connectivity index (χ1v) is 7.85. The Kier molecular flexibility index (Phi) is 3.81. The highest BCUT2D eigenvalue weighted by atomic mass is 16.5. The lowest BCUT2D eigenvalue weighted by Gasteiger charge is -2.10. The smallest absolute Gasteiger partial charge is 0.416 e. The van der Waals surface area contributed by atoms with Crippen molar-refractivity contribution in [3.05, 3.63) is 60.9 Å². The molecule has 1 aromatic carbocycles. The van der Waals surface area contributed by atoms with Gasteiger partial charge in [-0.1, -0.05) is 18.2 Å². The number of aromatic nitrogens is 4. The normalized spacial score (nSPS) is 10.8. The van der Waals surface area contributed by atoms with Crippen molar-refractivity contribution in [2.24, 2.45) is 0 Å². The van der Waals surface area contributed by atoms with Crippen LogP contribution in [-0.2, 0) is 0 Å². The van der Waals surface area contributed by atoms with Gasteiger partial charge in [0.05, 0.1) is 29.6 Å². The zero-order valence-electron chi connectivity index (χ0n) is 13.8. The summed E-state index contributed by atoms with van der Waals surface area (Å²) < 4.78 is 6.56. The Morgan fingerprint density at radius 2 is 1.85 bits per heavy atom. The van der Waals surface area contributed by atoms with Gasteiger partial charge in [-0.3, -0.25) is 4.98 Å². The first-order chi connectivity index (χ1) is 12.7. The number of pyridine rings is 1. The van der Waals surface area contributed by atoms with Crippen LogP contribution in [0.25, 0.3) is 33.4 Å². The first kappa shape index (κ1) is 15.8. The van der Waals surface area contributed by atoms with Crippen LogP contribution in [0.4, 0.5) is 4.79 Å². The van der Waals surface area contributed by atoms with E-state index in [4.69, 9.17) is 4.74 Å². The summed E-state index contributed by atoms with van der Waals surface area (Å²) >= 11 is 0. The van der Waals surface area contributed by atoms with Gasteiger partial charge in [-0.05, 0) is 30.3 Å². The lowest BCUT2D eigenvalue weighted by molar-refractivity contribution is 0.198. The number of nitrogens with zero attached hydrogens (tertiary/aromatic N) is 4. The fourth-order valence-corrected chi connectivity index (χ4v) is 2.94. The monoisotopic (exact) mass is 346 g/mol. The summed E-state index contributed by atoms with van der Waals surface area (Å²) in [5.41, 5.74) is 3.05. The van der Waals surface area contributed by atoms with Gasteiger partial charge in [-0.2, -0.15) is 0 Å². The third-order valence-corrected chi connectivity index (χ3v) is 4.11. The fourth-order valence-electron chi connectivity index (χ4n) is 2.94. The van der Waals surface area contributed by atoms with Gasteiger partial charge in [0, 0.05) is 23.3 Å². The quantitative estimate of drug-likeness (QED) is 0.608. The maximum Gasteiger partial charge on any atom is 0.416 e. The van der Waals surface area contributed by atoms with Crippen molar-refractivity contribution in [3.63, 3.8) is 0 Å². The summed E-state index contributed by atoms with van der Waals surface area (Å²) in [7, 11) is 1.48. The number of ether oxygens (including phenoxy) is 1.